The van der Waals surface area contributed by atoms with Gasteiger partial charge in [-0.1, -0.05) is 23.2 Å². The van der Waals surface area contributed by atoms with E-state index in [2.05, 4.69) is 5.32 Å². The summed E-state index contributed by atoms with van der Waals surface area (Å²) in [5, 5.41) is 3.89. The molecule has 0 unspecified atom stereocenters. The number of rotatable bonds is 3. The minimum atomic E-state index is 0.572. The van der Waals surface area contributed by atoms with Crippen LogP contribution in [-0.2, 0) is 6.54 Å². The highest BCUT2D eigenvalue weighted by molar-refractivity contribution is 7.16. The highest BCUT2D eigenvalue weighted by Gasteiger charge is 2.04. The number of aryl methyl sites for hydroxylation is 1. The van der Waals surface area contributed by atoms with Crippen LogP contribution in [0.25, 0.3) is 0 Å². The number of hydrogen-bond acceptors (Lipinski definition) is 3. The Morgan fingerprint density at radius 3 is 2.71 bits per heavy atom. The molecule has 2 nitrogen and oxygen atoms in total. The number of hydrogen-bond donors (Lipinski definition) is 2. The van der Waals surface area contributed by atoms with Crippen molar-refractivity contribution in [3.63, 3.8) is 0 Å². The zero-order valence-corrected chi connectivity index (χ0v) is 11.6. The molecule has 3 N–H and O–H groups in total. The van der Waals surface area contributed by atoms with Crippen molar-refractivity contribution in [2.24, 2.45) is 0 Å². The maximum absolute atomic E-state index is 5.99. The van der Waals surface area contributed by atoms with Crippen molar-refractivity contribution in [2.75, 3.05) is 11.1 Å². The minimum Gasteiger partial charge on any atom is -0.398 e. The van der Waals surface area contributed by atoms with E-state index in [9.17, 15) is 0 Å². The van der Waals surface area contributed by atoms with Crippen LogP contribution in [0.3, 0.4) is 0 Å². The number of nitrogen functional groups attached to an aromatic ring is 1. The van der Waals surface area contributed by atoms with Crippen molar-refractivity contribution in [2.45, 2.75) is 13.5 Å². The second-order valence-corrected chi connectivity index (χ2v) is 5.95. The first-order chi connectivity index (χ1) is 8.06. The lowest BCUT2D eigenvalue weighted by Gasteiger charge is -2.10. The summed E-state index contributed by atoms with van der Waals surface area (Å²) in [6.07, 6.45) is 0. The van der Waals surface area contributed by atoms with Crippen LogP contribution in [0.5, 0.6) is 0 Å². The van der Waals surface area contributed by atoms with E-state index in [1.807, 2.05) is 31.2 Å². The number of thiophene rings is 1. The summed E-state index contributed by atoms with van der Waals surface area (Å²) in [4.78, 5) is 1.18. The molecule has 90 valence electrons. The topological polar surface area (TPSA) is 38.0 Å². The Morgan fingerprint density at radius 1 is 1.29 bits per heavy atom. The minimum absolute atomic E-state index is 0.572. The van der Waals surface area contributed by atoms with Crippen LogP contribution in [0.15, 0.2) is 24.3 Å². The molecule has 0 aliphatic carbocycles. The van der Waals surface area contributed by atoms with Gasteiger partial charge in [-0.2, -0.15) is 0 Å². The van der Waals surface area contributed by atoms with Crippen molar-refractivity contribution in [1.82, 2.24) is 0 Å². The first-order valence-corrected chi connectivity index (χ1v) is 6.67. The summed E-state index contributed by atoms with van der Waals surface area (Å²) in [5.41, 5.74) is 8.40. The SMILES string of the molecule is Cc1cc(N)c(Cl)cc1NCc1ccc(Cl)s1. The zero-order chi connectivity index (χ0) is 12.4. The van der Waals surface area contributed by atoms with Crippen LogP contribution in [-0.4, -0.2) is 0 Å². The van der Waals surface area contributed by atoms with Crippen LogP contribution < -0.4 is 11.1 Å². The van der Waals surface area contributed by atoms with Crippen molar-refractivity contribution in [1.29, 1.82) is 0 Å². The molecule has 1 aromatic heterocycles. The van der Waals surface area contributed by atoms with Crippen molar-refractivity contribution >= 4 is 45.9 Å². The lowest BCUT2D eigenvalue weighted by Crippen LogP contribution is -2.00. The summed E-state index contributed by atoms with van der Waals surface area (Å²) in [6.45, 7) is 2.73. The molecule has 1 aromatic carbocycles. The largest absolute Gasteiger partial charge is 0.398 e. The lowest BCUT2D eigenvalue weighted by molar-refractivity contribution is 1.18. The summed E-state index contributed by atoms with van der Waals surface area (Å²) in [6, 6.07) is 7.62. The molecule has 5 heteroatoms. The molecule has 1 heterocycles. The molecular formula is C12H12Cl2N2S. The summed E-state index contributed by atoms with van der Waals surface area (Å²) >= 11 is 13.4. The molecular weight excluding hydrogens is 275 g/mol. The number of benzene rings is 1. The predicted molar refractivity (Wildman–Crippen MR) is 77.3 cm³/mol. The van der Waals surface area contributed by atoms with Gasteiger partial charge in [0.15, 0.2) is 0 Å². The van der Waals surface area contributed by atoms with Gasteiger partial charge in [-0.3, -0.25) is 0 Å². The summed E-state index contributed by atoms with van der Waals surface area (Å²) < 4.78 is 0.800. The first-order valence-electron chi connectivity index (χ1n) is 5.10. The van der Waals surface area contributed by atoms with Gasteiger partial charge in [0.1, 0.15) is 0 Å². The van der Waals surface area contributed by atoms with Gasteiger partial charge in [-0.15, -0.1) is 11.3 Å². The fraction of sp³-hybridized carbons (Fsp3) is 0.167. The van der Waals surface area contributed by atoms with Gasteiger partial charge in [0, 0.05) is 17.1 Å². The molecule has 0 aliphatic rings. The maximum Gasteiger partial charge on any atom is 0.0931 e. The number of nitrogens with two attached hydrogens (primary N) is 1. The van der Waals surface area contributed by atoms with E-state index in [1.165, 1.54) is 4.88 Å². The predicted octanol–water partition coefficient (Wildman–Crippen LogP) is 4.56. The first kappa shape index (κ1) is 12.6. The number of halogens is 2. The second-order valence-electron chi connectivity index (χ2n) is 3.75. The molecule has 0 amide bonds. The van der Waals surface area contributed by atoms with Gasteiger partial charge >= 0.3 is 0 Å². The van der Waals surface area contributed by atoms with Crippen molar-refractivity contribution in [3.05, 3.63) is 44.1 Å². The Hall–Kier alpha value is -0.900. The van der Waals surface area contributed by atoms with Crippen LogP contribution in [0.4, 0.5) is 11.4 Å². The van der Waals surface area contributed by atoms with E-state index in [-0.39, 0.29) is 0 Å². The van der Waals surface area contributed by atoms with E-state index in [0.717, 1.165) is 22.1 Å². The fourth-order valence-electron chi connectivity index (χ4n) is 1.52. The maximum atomic E-state index is 5.99. The normalized spacial score (nSPS) is 10.5. The highest BCUT2D eigenvalue weighted by Crippen LogP contribution is 2.28. The third-order valence-corrected chi connectivity index (χ3v) is 3.98. The van der Waals surface area contributed by atoms with E-state index in [0.29, 0.717) is 10.7 Å². The van der Waals surface area contributed by atoms with Crippen molar-refractivity contribution < 1.29 is 0 Å². The Labute approximate surface area is 114 Å². The molecule has 0 saturated carbocycles. The molecule has 0 saturated heterocycles. The molecule has 2 rings (SSSR count). The monoisotopic (exact) mass is 286 g/mol. The standard InChI is InChI=1S/C12H12Cl2N2S/c1-7-4-10(15)9(13)5-11(7)16-6-8-2-3-12(14)17-8/h2-5,16H,6,15H2,1H3. The van der Waals surface area contributed by atoms with Gasteiger partial charge < -0.3 is 11.1 Å². The van der Waals surface area contributed by atoms with Crippen molar-refractivity contribution in [3.8, 4) is 0 Å². The molecule has 17 heavy (non-hydrogen) atoms. The average molecular weight is 287 g/mol. The Morgan fingerprint density at radius 2 is 2.06 bits per heavy atom. The Kier molecular flexibility index (Phi) is 3.82. The Balaban J connectivity index is 2.11. The van der Waals surface area contributed by atoms with Gasteiger partial charge in [-0.05, 0) is 36.8 Å². The third kappa shape index (κ3) is 3.06. The van der Waals surface area contributed by atoms with E-state index in [1.54, 1.807) is 11.3 Å². The van der Waals surface area contributed by atoms with Crippen LogP contribution in [0.2, 0.25) is 9.36 Å². The lowest BCUT2D eigenvalue weighted by atomic mass is 10.2. The molecule has 2 aromatic rings. The molecule has 0 aliphatic heterocycles. The molecule has 0 spiro atoms. The van der Waals surface area contributed by atoms with Crippen LogP contribution >= 0.6 is 34.5 Å². The van der Waals surface area contributed by atoms with E-state index in [4.69, 9.17) is 28.9 Å². The molecule has 0 fully saturated rings. The fourth-order valence-corrected chi connectivity index (χ4v) is 2.71. The van der Waals surface area contributed by atoms with Gasteiger partial charge in [0.2, 0.25) is 0 Å². The number of anilines is 2. The van der Waals surface area contributed by atoms with Gasteiger partial charge in [-0.25, -0.2) is 0 Å². The molecule has 0 atom stereocenters. The van der Waals surface area contributed by atoms with E-state index >= 15 is 0 Å². The third-order valence-electron chi connectivity index (χ3n) is 2.43. The van der Waals surface area contributed by atoms with E-state index < -0.39 is 0 Å². The average Bonchev–Trinajstić information content (AvgIpc) is 2.68. The summed E-state index contributed by atoms with van der Waals surface area (Å²) in [7, 11) is 0. The summed E-state index contributed by atoms with van der Waals surface area (Å²) in [5.74, 6) is 0. The van der Waals surface area contributed by atoms with Gasteiger partial charge in [0.25, 0.3) is 0 Å². The van der Waals surface area contributed by atoms with Crippen LogP contribution in [0, 0.1) is 6.92 Å². The quantitative estimate of drug-likeness (QED) is 0.812. The van der Waals surface area contributed by atoms with Gasteiger partial charge in [0.05, 0.1) is 15.0 Å². The zero-order valence-electron chi connectivity index (χ0n) is 9.26. The van der Waals surface area contributed by atoms with Crippen LogP contribution in [0.1, 0.15) is 10.4 Å². The Bertz CT molecular complexity index is 537. The highest BCUT2D eigenvalue weighted by atomic mass is 35.5. The second kappa shape index (κ2) is 5.17. The smallest absolute Gasteiger partial charge is 0.0931 e. The molecule has 0 bridgehead atoms. The molecule has 0 radical (unpaired) electrons. The number of nitrogens with one attached hydrogen (secondary N) is 1.